The van der Waals surface area contributed by atoms with Crippen LogP contribution in [-0.4, -0.2) is 75.5 Å². The third-order valence-corrected chi connectivity index (χ3v) is 3.19. The van der Waals surface area contributed by atoms with Crippen molar-refractivity contribution in [3.8, 4) is 0 Å². The monoisotopic (exact) mass is 288 g/mol. The minimum atomic E-state index is -0.826. The minimum absolute atomic E-state index is 0.0579. The molecule has 7 heteroatoms. The van der Waals surface area contributed by atoms with Crippen molar-refractivity contribution in [2.24, 2.45) is 0 Å². The molecule has 0 atom stereocenters. The number of carbonyl (C=O) groups excluding carboxylic acids is 2. The molecule has 1 aliphatic heterocycles. The Hall–Kier alpha value is -1.18. The van der Waals surface area contributed by atoms with Crippen LogP contribution in [-0.2, 0) is 23.8 Å². The second-order valence-electron chi connectivity index (χ2n) is 5.00. The van der Waals surface area contributed by atoms with Gasteiger partial charge in [-0.2, -0.15) is 0 Å². The Kier molecular flexibility index (Phi) is 6.90. The number of methoxy groups -OCH3 is 1. The van der Waals surface area contributed by atoms with Crippen molar-refractivity contribution in [1.29, 1.82) is 0 Å². The number of piperazine rings is 1. The molecule has 116 valence electrons. The van der Waals surface area contributed by atoms with Gasteiger partial charge in [0.05, 0.1) is 39.6 Å². The Morgan fingerprint density at radius 3 is 2.35 bits per heavy atom. The third kappa shape index (κ3) is 4.73. The molecule has 1 aliphatic rings. The van der Waals surface area contributed by atoms with Gasteiger partial charge in [-0.3, -0.25) is 9.59 Å². The van der Waals surface area contributed by atoms with Crippen molar-refractivity contribution < 1.29 is 23.8 Å². The normalized spacial score (nSPS) is 18.2. The zero-order chi connectivity index (χ0) is 15.0. The van der Waals surface area contributed by atoms with E-state index in [2.05, 4.69) is 5.32 Å². The van der Waals surface area contributed by atoms with E-state index in [1.807, 2.05) is 0 Å². The fraction of sp³-hybridized carbons (Fsp3) is 0.846. The molecule has 1 N–H and O–H groups in total. The lowest BCUT2D eigenvalue weighted by atomic mass is 9.99. The molecule has 0 radical (unpaired) electrons. The Labute approximate surface area is 119 Å². The molecule has 0 aromatic rings. The first kappa shape index (κ1) is 16.9. The van der Waals surface area contributed by atoms with Crippen molar-refractivity contribution >= 4 is 11.8 Å². The van der Waals surface area contributed by atoms with E-state index in [4.69, 9.17) is 14.2 Å². The van der Waals surface area contributed by atoms with Gasteiger partial charge in [0.2, 0.25) is 11.8 Å². The molecule has 1 fully saturated rings. The maximum atomic E-state index is 11.8. The molecule has 1 heterocycles. The average Bonchev–Trinajstić information content (AvgIpc) is 2.41. The van der Waals surface area contributed by atoms with Crippen molar-refractivity contribution in [2.45, 2.75) is 19.4 Å². The van der Waals surface area contributed by atoms with Crippen LogP contribution in [0.3, 0.4) is 0 Å². The largest absolute Gasteiger partial charge is 0.382 e. The average molecular weight is 288 g/mol. The first-order chi connectivity index (χ1) is 9.50. The maximum absolute atomic E-state index is 11.8. The minimum Gasteiger partial charge on any atom is -0.382 e. The molecular weight excluding hydrogens is 264 g/mol. The summed E-state index contributed by atoms with van der Waals surface area (Å²) in [5.41, 5.74) is -0.826. The summed E-state index contributed by atoms with van der Waals surface area (Å²) in [4.78, 5) is 25.1. The molecule has 0 spiro atoms. The van der Waals surface area contributed by atoms with Gasteiger partial charge in [0.25, 0.3) is 0 Å². The SMILES string of the molecule is COCCOCCOCCN1C(=O)CNC(=O)C1(C)C. The van der Waals surface area contributed by atoms with E-state index in [9.17, 15) is 9.59 Å². The number of hydrogen-bond donors (Lipinski definition) is 1. The predicted octanol–water partition coefficient (Wildman–Crippen LogP) is -0.597. The van der Waals surface area contributed by atoms with E-state index in [1.165, 1.54) is 0 Å². The molecule has 0 aromatic carbocycles. The molecule has 7 nitrogen and oxygen atoms in total. The summed E-state index contributed by atoms with van der Waals surface area (Å²) in [7, 11) is 1.62. The lowest BCUT2D eigenvalue weighted by Gasteiger charge is -2.40. The number of rotatable bonds is 9. The second kappa shape index (κ2) is 8.18. The smallest absolute Gasteiger partial charge is 0.245 e. The molecule has 0 aliphatic carbocycles. The molecular formula is C13H24N2O5. The van der Waals surface area contributed by atoms with E-state index in [1.54, 1.807) is 25.9 Å². The number of ether oxygens (including phenoxy) is 3. The molecule has 0 unspecified atom stereocenters. The van der Waals surface area contributed by atoms with Gasteiger partial charge in [0.1, 0.15) is 5.54 Å². The molecule has 20 heavy (non-hydrogen) atoms. The summed E-state index contributed by atoms with van der Waals surface area (Å²) in [6.07, 6.45) is 0. The molecule has 0 saturated carbocycles. The van der Waals surface area contributed by atoms with Gasteiger partial charge < -0.3 is 24.4 Å². The lowest BCUT2D eigenvalue weighted by Crippen LogP contribution is -2.64. The van der Waals surface area contributed by atoms with Crippen LogP contribution < -0.4 is 5.32 Å². The zero-order valence-corrected chi connectivity index (χ0v) is 12.4. The van der Waals surface area contributed by atoms with Crippen molar-refractivity contribution in [3.05, 3.63) is 0 Å². The van der Waals surface area contributed by atoms with Gasteiger partial charge >= 0.3 is 0 Å². The van der Waals surface area contributed by atoms with Crippen LogP contribution in [0.5, 0.6) is 0 Å². The van der Waals surface area contributed by atoms with Gasteiger partial charge in [-0.05, 0) is 13.8 Å². The maximum Gasteiger partial charge on any atom is 0.245 e. The van der Waals surface area contributed by atoms with Crippen LogP contribution in [0.2, 0.25) is 0 Å². The fourth-order valence-corrected chi connectivity index (χ4v) is 1.93. The summed E-state index contributed by atoms with van der Waals surface area (Å²) in [6.45, 7) is 6.35. The van der Waals surface area contributed by atoms with E-state index >= 15 is 0 Å². The van der Waals surface area contributed by atoms with Gasteiger partial charge in [-0.1, -0.05) is 0 Å². The highest BCUT2D eigenvalue weighted by atomic mass is 16.5. The summed E-state index contributed by atoms with van der Waals surface area (Å²) in [6, 6.07) is 0. The Balaban J connectivity index is 2.20. The van der Waals surface area contributed by atoms with Crippen LogP contribution in [0.15, 0.2) is 0 Å². The first-order valence-electron chi connectivity index (χ1n) is 6.73. The topological polar surface area (TPSA) is 77.1 Å². The van der Waals surface area contributed by atoms with Crippen LogP contribution in [0.25, 0.3) is 0 Å². The number of nitrogens with zero attached hydrogens (tertiary/aromatic N) is 1. The van der Waals surface area contributed by atoms with Gasteiger partial charge in [0.15, 0.2) is 0 Å². The summed E-state index contributed by atoms with van der Waals surface area (Å²) in [5.74, 6) is -0.227. The Morgan fingerprint density at radius 1 is 1.10 bits per heavy atom. The molecule has 0 bridgehead atoms. The highest BCUT2D eigenvalue weighted by molar-refractivity contribution is 5.97. The van der Waals surface area contributed by atoms with Crippen LogP contribution in [0, 0.1) is 0 Å². The van der Waals surface area contributed by atoms with Crippen LogP contribution in [0.1, 0.15) is 13.8 Å². The van der Waals surface area contributed by atoms with Gasteiger partial charge in [-0.15, -0.1) is 0 Å². The number of carbonyl (C=O) groups is 2. The highest BCUT2D eigenvalue weighted by Crippen LogP contribution is 2.17. The third-order valence-electron chi connectivity index (χ3n) is 3.19. The molecule has 1 saturated heterocycles. The zero-order valence-electron chi connectivity index (χ0n) is 12.4. The first-order valence-corrected chi connectivity index (χ1v) is 6.73. The van der Waals surface area contributed by atoms with Gasteiger partial charge in [0, 0.05) is 13.7 Å². The van der Waals surface area contributed by atoms with E-state index in [0.717, 1.165) is 0 Å². The molecule has 2 amide bonds. The summed E-state index contributed by atoms with van der Waals surface area (Å²) in [5, 5.41) is 2.58. The second-order valence-corrected chi connectivity index (χ2v) is 5.00. The van der Waals surface area contributed by atoms with E-state index in [-0.39, 0.29) is 18.4 Å². The number of nitrogens with one attached hydrogen (secondary N) is 1. The molecule has 1 rings (SSSR count). The fourth-order valence-electron chi connectivity index (χ4n) is 1.93. The summed E-state index contributed by atoms with van der Waals surface area (Å²) < 4.78 is 15.5. The van der Waals surface area contributed by atoms with Crippen LogP contribution in [0.4, 0.5) is 0 Å². The van der Waals surface area contributed by atoms with E-state index in [0.29, 0.717) is 39.6 Å². The van der Waals surface area contributed by atoms with Crippen LogP contribution >= 0.6 is 0 Å². The van der Waals surface area contributed by atoms with Crippen molar-refractivity contribution in [2.75, 3.05) is 53.2 Å². The van der Waals surface area contributed by atoms with Crippen molar-refractivity contribution in [3.63, 3.8) is 0 Å². The molecule has 0 aromatic heterocycles. The standard InChI is InChI=1S/C13H24N2O5/c1-13(2)12(17)14-10-11(16)15(13)4-5-19-8-9-20-7-6-18-3/h4-10H2,1-3H3,(H,14,17). The quantitative estimate of drug-likeness (QED) is 0.574. The summed E-state index contributed by atoms with van der Waals surface area (Å²) >= 11 is 0. The van der Waals surface area contributed by atoms with Gasteiger partial charge in [-0.25, -0.2) is 0 Å². The number of hydrogen-bond acceptors (Lipinski definition) is 5. The Morgan fingerprint density at radius 2 is 1.70 bits per heavy atom. The highest BCUT2D eigenvalue weighted by Gasteiger charge is 2.41. The van der Waals surface area contributed by atoms with E-state index < -0.39 is 5.54 Å². The lowest BCUT2D eigenvalue weighted by molar-refractivity contribution is -0.152. The van der Waals surface area contributed by atoms with Crippen molar-refractivity contribution in [1.82, 2.24) is 10.2 Å². The number of amides is 2. The Bertz CT molecular complexity index is 333. The predicted molar refractivity (Wildman–Crippen MR) is 72.3 cm³/mol.